The molecule has 1 aromatic rings. The largest absolute Gasteiger partial charge is 0.469 e. The van der Waals surface area contributed by atoms with Gasteiger partial charge >= 0.3 is 0 Å². The predicted octanol–water partition coefficient (Wildman–Crippen LogP) is 3.43. The van der Waals surface area contributed by atoms with Crippen LogP contribution in [0.25, 0.3) is 0 Å². The molecule has 0 radical (unpaired) electrons. The zero-order valence-electron chi connectivity index (χ0n) is 13.4. The molecule has 0 saturated heterocycles. The zero-order chi connectivity index (χ0) is 14.5. The lowest BCUT2D eigenvalue weighted by molar-refractivity contribution is 0.315. The molecular weight excluding hydrogens is 389 g/mol. The van der Waals surface area contributed by atoms with Crippen LogP contribution in [0.1, 0.15) is 37.9 Å². The van der Waals surface area contributed by atoms with Gasteiger partial charge in [0.2, 0.25) is 0 Å². The van der Waals surface area contributed by atoms with Crippen molar-refractivity contribution in [1.82, 2.24) is 10.6 Å². The first-order chi connectivity index (χ1) is 10.3. The standard InChI is InChI=1S/C17H27N3O.HI/c1-18-17(20-9-7-16-3-2-10-21-16)19-8-6-15-12-13-4-5-14(15)11-13;/h2-3,10,13-15H,4-9,11-12H2,1H3,(H2,18,19,20);1H. The van der Waals surface area contributed by atoms with Gasteiger partial charge in [-0.15, -0.1) is 24.0 Å². The topological polar surface area (TPSA) is 49.6 Å². The molecule has 22 heavy (non-hydrogen) atoms. The molecule has 0 aromatic carbocycles. The Hall–Kier alpha value is -0.720. The van der Waals surface area contributed by atoms with Gasteiger partial charge in [0, 0.05) is 26.6 Å². The molecule has 0 spiro atoms. The molecule has 0 aliphatic heterocycles. The molecule has 3 rings (SSSR count). The Morgan fingerprint density at radius 3 is 2.77 bits per heavy atom. The van der Waals surface area contributed by atoms with E-state index in [1.807, 2.05) is 19.2 Å². The van der Waals surface area contributed by atoms with E-state index in [4.69, 9.17) is 4.42 Å². The highest BCUT2D eigenvalue weighted by Gasteiger charge is 2.38. The molecule has 4 nitrogen and oxygen atoms in total. The molecule has 1 heterocycles. The Labute approximate surface area is 150 Å². The molecule has 2 aliphatic rings. The molecular formula is C17H28IN3O. The summed E-state index contributed by atoms with van der Waals surface area (Å²) in [5, 5.41) is 6.79. The summed E-state index contributed by atoms with van der Waals surface area (Å²) < 4.78 is 5.33. The van der Waals surface area contributed by atoms with Crippen LogP contribution in [0.5, 0.6) is 0 Å². The third kappa shape index (κ3) is 4.64. The number of hydrogen-bond donors (Lipinski definition) is 2. The van der Waals surface area contributed by atoms with Crippen molar-refractivity contribution in [2.75, 3.05) is 20.1 Å². The lowest BCUT2D eigenvalue weighted by Crippen LogP contribution is -2.39. The van der Waals surface area contributed by atoms with Crippen molar-refractivity contribution in [3.05, 3.63) is 24.2 Å². The van der Waals surface area contributed by atoms with Crippen molar-refractivity contribution in [1.29, 1.82) is 0 Å². The van der Waals surface area contributed by atoms with E-state index in [1.165, 1.54) is 32.1 Å². The lowest BCUT2D eigenvalue weighted by Gasteiger charge is -2.22. The Balaban J connectivity index is 0.00000176. The summed E-state index contributed by atoms with van der Waals surface area (Å²) in [5.74, 6) is 4.94. The number of aliphatic imine (C=N–C) groups is 1. The monoisotopic (exact) mass is 417 g/mol. The summed E-state index contributed by atoms with van der Waals surface area (Å²) in [5.41, 5.74) is 0. The second kappa shape index (κ2) is 8.79. The van der Waals surface area contributed by atoms with E-state index >= 15 is 0 Å². The van der Waals surface area contributed by atoms with Gasteiger partial charge in [0.05, 0.1) is 6.26 Å². The second-order valence-corrected chi connectivity index (χ2v) is 6.48. The van der Waals surface area contributed by atoms with Gasteiger partial charge in [-0.25, -0.2) is 0 Å². The van der Waals surface area contributed by atoms with Gasteiger partial charge in [0.1, 0.15) is 5.76 Å². The molecule has 2 bridgehead atoms. The Morgan fingerprint density at radius 2 is 2.14 bits per heavy atom. The number of nitrogens with one attached hydrogen (secondary N) is 2. The average molecular weight is 417 g/mol. The molecule has 2 saturated carbocycles. The van der Waals surface area contributed by atoms with E-state index in [1.54, 1.807) is 6.26 Å². The normalized spacial score (nSPS) is 26.8. The zero-order valence-corrected chi connectivity index (χ0v) is 15.7. The van der Waals surface area contributed by atoms with Crippen LogP contribution in [-0.4, -0.2) is 26.1 Å². The number of rotatable bonds is 6. The molecule has 0 amide bonds. The van der Waals surface area contributed by atoms with Crippen LogP contribution in [-0.2, 0) is 6.42 Å². The number of furan rings is 1. The van der Waals surface area contributed by atoms with Crippen LogP contribution in [0.15, 0.2) is 27.8 Å². The SMILES string of the molecule is CN=C(NCCc1ccco1)NCCC1CC2CCC1C2.I. The van der Waals surface area contributed by atoms with Crippen molar-refractivity contribution in [2.45, 2.75) is 38.5 Å². The highest BCUT2D eigenvalue weighted by molar-refractivity contribution is 14.0. The van der Waals surface area contributed by atoms with E-state index in [2.05, 4.69) is 15.6 Å². The van der Waals surface area contributed by atoms with Crippen molar-refractivity contribution >= 4 is 29.9 Å². The van der Waals surface area contributed by atoms with Gasteiger partial charge in [-0.2, -0.15) is 0 Å². The first-order valence-corrected chi connectivity index (χ1v) is 8.32. The van der Waals surface area contributed by atoms with Crippen LogP contribution < -0.4 is 10.6 Å². The molecule has 3 atom stereocenters. The van der Waals surface area contributed by atoms with Crippen LogP contribution in [0, 0.1) is 17.8 Å². The minimum atomic E-state index is 0. The molecule has 3 unspecified atom stereocenters. The fraction of sp³-hybridized carbons (Fsp3) is 0.706. The molecule has 5 heteroatoms. The maximum Gasteiger partial charge on any atom is 0.190 e. The average Bonchev–Trinajstić information content (AvgIpc) is 3.23. The summed E-state index contributed by atoms with van der Waals surface area (Å²) >= 11 is 0. The molecule has 1 aromatic heterocycles. The molecule has 2 aliphatic carbocycles. The molecule has 2 fully saturated rings. The predicted molar refractivity (Wildman–Crippen MR) is 101 cm³/mol. The summed E-state index contributed by atoms with van der Waals surface area (Å²) in [7, 11) is 1.83. The maximum atomic E-state index is 5.33. The first-order valence-electron chi connectivity index (χ1n) is 8.32. The van der Waals surface area contributed by atoms with Gasteiger partial charge in [0.15, 0.2) is 5.96 Å². The van der Waals surface area contributed by atoms with Crippen LogP contribution in [0.4, 0.5) is 0 Å². The first kappa shape index (κ1) is 17.6. The molecule has 2 N–H and O–H groups in total. The van der Waals surface area contributed by atoms with E-state index in [0.29, 0.717) is 0 Å². The minimum Gasteiger partial charge on any atom is -0.469 e. The van der Waals surface area contributed by atoms with E-state index in [0.717, 1.165) is 49.0 Å². The van der Waals surface area contributed by atoms with Crippen LogP contribution in [0.3, 0.4) is 0 Å². The Kier molecular flexibility index (Phi) is 7.05. The maximum absolute atomic E-state index is 5.33. The second-order valence-electron chi connectivity index (χ2n) is 6.48. The van der Waals surface area contributed by atoms with Gasteiger partial charge in [-0.05, 0) is 55.6 Å². The van der Waals surface area contributed by atoms with Gasteiger partial charge in [0.25, 0.3) is 0 Å². The molecule has 124 valence electrons. The summed E-state index contributed by atoms with van der Waals surface area (Å²) in [6.45, 7) is 1.88. The Bertz CT molecular complexity index is 460. The number of fused-ring (bicyclic) bond motifs is 2. The fourth-order valence-electron chi connectivity index (χ4n) is 4.09. The van der Waals surface area contributed by atoms with Gasteiger partial charge in [-0.3, -0.25) is 4.99 Å². The number of halogens is 1. The summed E-state index contributed by atoms with van der Waals surface area (Å²) in [6, 6.07) is 3.94. The highest BCUT2D eigenvalue weighted by atomic mass is 127. The third-order valence-electron chi connectivity index (χ3n) is 5.16. The number of hydrogen-bond acceptors (Lipinski definition) is 2. The quantitative estimate of drug-likeness (QED) is 0.424. The van der Waals surface area contributed by atoms with E-state index in [-0.39, 0.29) is 24.0 Å². The Morgan fingerprint density at radius 1 is 1.27 bits per heavy atom. The van der Waals surface area contributed by atoms with Crippen LogP contribution in [0.2, 0.25) is 0 Å². The van der Waals surface area contributed by atoms with E-state index < -0.39 is 0 Å². The smallest absolute Gasteiger partial charge is 0.190 e. The summed E-state index contributed by atoms with van der Waals surface area (Å²) in [4.78, 5) is 4.28. The lowest BCUT2D eigenvalue weighted by atomic mass is 9.86. The van der Waals surface area contributed by atoms with Crippen molar-refractivity contribution in [2.24, 2.45) is 22.7 Å². The highest BCUT2D eigenvalue weighted by Crippen LogP contribution is 2.49. The van der Waals surface area contributed by atoms with Crippen molar-refractivity contribution < 1.29 is 4.42 Å². The van der Waals surface area contributed by atoms with Crippen LogP contribution >= 0.6 is 24.0 Å². The fourth-order valence-corrected chi connectivity index (χ4v) is 4.09. The van der Waals surface area contributed by atoms with Crippen molar-refractivity contribution in [3.8, 4) is 0 Å². The third-order valence-corrected chi connectivity index (χ3v) is 5.16. The van der Waals surface area contributed by atoms with Gasteiger partial charge < -0.3 is 15.1 Å². The van der Waals surface area contributed by atoms with Crippen molar-refractivity contribution in [3.63, 3.8) is 0 Å². The number of guanidine groups is 1. The minimum absolute atomic E-state index is 0. The summed E-state index contributed by atoms with van der Waals surface area (Å²) in [6.07, 6.45) is 9.84. The number of nitrogens with zero attached hydrogens (tertiary/aromatic N) is 1. The van der Waals surface area contributed by atoms with E-state index in [9.17, 15) is 0 Å². The van der Waals surface area contributed by atoms with Gasteiger partial charge in [-0.1, -0.05) is 6.42 Å².